The van der Waals surface area contributed by atoms with Gasteiger partial charge in [-0.05, 0) is 25.1 Å². The normalized spacial score (nSPS) is 20.3. The van der Waals surface area contributed by atoms with Gasteiger partial charge in [0.2, 0.25) is 0 Å². The molecule has 1 aromatic rings. The van der Waals surface area contributed by atoms with Gasteiger partial charge in [0, 0.05) is 16.7 Å². The van der Waals surface area contributed by atoms with Crippen molar-refractivity contribution in [2.45, 2.75) is 24.8 Å². The predicted molar refractivity (Wildman–Crippen MR) is 58.3 cm³/mol. The molecule has 0 radical (unpaired) electrons. The van der Waals surface area contributed by atoms with Crippen LogP contribution in [0.25, 0.3) is 0 Å². The minimum absolute atomic E-state index is 0.574. The Balaban J connectivity index is 2.29. The summed E-state index contributed by atoms with van der Waals surface area (Å²) in [4.78, 5) is 1.46. The highest BCUT2D eigenvalue weighted by Crippen LogP contribution is 2.38. The molecule has 1 heterocycles. The first-order chi connectivity index (χ1) is 6.31. The summed E-state index contributed by atoms with van der Waals surface area (Å²) in [5.41, 5.74) is 2.86. The topological polar surface area (TPSA) is 12.0 Å². The third-order valence-electron chi connectivity index (χ3n) is 2.40. The molecule has 0 saturated heterocycles. The molecular weight excluding hydrogens is 178 g/mol. The molecule has 0 amide bonds. The van der Waals surface area contributed by atoms with Gasteiger partial charge in [-0.2, -0.15) is 0 Å². The second-order valence-electron chi connectivity index (χ2n) is 3.46. The molecule has 1 nitrogen and oxygen atoms in total. The van der Waals surface area contributed by atoms with E-state index in [9.17, 15) is 0 Å². The molecule has 2 rings (SSSR count). The minimum Gasteiger partial charge on any atom is -0.309 e. The Morgan fingerprint density at radius 3 is 3.15 bits per heavy atom. The lowest BCUT2D eigenvalue weighted by Crippen LogP contribution is -2.20. The zero-order chi connectivity index (χ0) is 9.26. The van der Waals surface area contributed by atoms with Crippen LogP contribution in [0.2, 0.25) is 0 Å². The van der Waals surface area contributed by atoms with E-state index in [1.54, 1.807) is 0 Å². The average molecular weight is 193 g/mol. The van der Waals surface area contributed by atoms with Crippen molar-refractivity contribution >= 4 is 11.8 Å². The zero-order valence-corrected chi connectivity index (χ0v) is 8.95. The first kappa shape index (κ1) is 9.10. The molecule has 0 spiro atoms. The van der Waals surface area contributed by atoms with Crippen LogP contribution in [0.15, 0.2) is 23.1 Å². The summed E-state index contributed by atoms with van der Waals surface area (Å²) in [6, 6.07) is 7.32. The van der Waals surface area contributed by atoms with E-state index in [2.05, 4.69) is 37.4 Å². The number of hydrogen-bond donors (Lipinski definition) is 1. The average Bonchev–Trinajstić information content (AvgIpc) is 2.49. The molecule has 0 aliphatic carbocycles. The van der Waals surface area contributed by atoms with Crippen LogP contribution in [0.5, 0.6) is 0 Å². The molecule has 0 bridgehead atoms. The molecule has 1 aromatic carbocycles. The van der Waals surface area contributed by atoms with Crippen LogP contribution >= 0.6 is 11.8 Å². The standard InChI is InChI=1S/C11H15NS/c1-3-12-10-7-13-11-5-4-8(2)6-9(10)11/h4-6,10,12H,3,7H2,1-2H3. The minimum atomic E-state index is 0.574. The number of thioether (sulfide) groups is 1. The third kappa shape index (κ3) is 1.74. The number of aryl methyl sites for hydroxylation is 1. The summed E-state index contributed by atoms with van der Waals surface area (Å²) in [6.45, 7) is 5.38. The molecule has 0 fully saturated rings. The summed E-state index contributed by atoms with van der Waals surface area (Å²) >= 11 is 1.96. The quantitative estimate of drug-likeness (QED) is 0.775. The van der Waals surface area contributed by atoms with Gasteiger partial charge >= 0.3 is 0 Å². The molecule has 1 aliphatic heterocycles. The number of fused-ring (bicyclic) bond motifs is 1. The number of benzene rings is 1. The first-order valence-corrected chi connectivity index (χ1v) is 5.76. The van der Waals surface area contributed by atoms with Gasteiger partial charge in [0.1, 0.15) is 0 Å². The largest absolute Gasteiger partial charge is 0.309 e. The van der Waals surface area contributed by atoms with Crippen molar-refractivity contribution in [1.29, 1.82) is 0 Å². The lowest BCUT2D eigenvalue weighted by Gasteiger charge is -2.11. The third-order valence-corrected chi connectivity index (χ3v) is 3.58. The Kier molecular flexibility index (Phi) is 2.61. The van der Waals surface area contributed by atoms with Crippen LogP contribution in [0.4, 0.5) is 0 Å². The fourth-order valence-corrected chi connectivity index (χ4v) is 2.93. The Morgan fingerprint density at radius 1 is 1.54 bits per heavy atom. The van der Waals surface area contributed by atoms with Gasteiger partial charge in [-0.25, -0.2) is 0 Å². The second kappa shape index (κ2) is 3.72. The highest BCUT2D eigenvalue weighted by molar-refractivity contribution is 7.99. The maximum Gasteiger partial charge on any atom is 0.0426 e. The summed E-state index contributed by atoms with van der Waals surface area (Å²) in [6.07, 6.45) is 0. The Hall–Kier alpha value is -0.470. The molecule has 0 aromatic heterocycles. The highest BCUT2D eigenvalue weighted by Gasteiger charge is 2.21. The first-order valence-electron chi connectivity index (χ1n) is 4.78. The van der Waals surface area contributed by atoms with E-state index < -0.39 is 0 Å². The Bertz CT molecular complexity index is 307. The van der Waals surface area contributed by atoms with Gasteiger partial charge in [-0.1, -0.05) is 24.6 Å². The Morgan fingerprint density at radius 2 is 2.38 bits per heavy atom. The fourth-order valence-electron chi connectivity index (χ4n) is 1.75. The smallest absolute Gasteiger partial charge is 0.0426 e. The Labute approximate surface area is 83.9 Å². The van der Waals surface area contributed by atoms with E-state index in [-0.39, 0.29) is 0 Å². The van der Waals surface area contributed by atoms with Gasteiger partial charge in [-0.3, -0.25) is 0 Å². The van der Waals surface area contributed by atoms with E-state index in [0.717, 1.165) is 6.54 Å². The fraction of sp³-hybridized carbons (Fsp3) is 0.455. The van der Waals surface area contributed by atoms with Crippen molar-refractivity contribution in [2.24, 2.45) is 0 Å². The summed E-state index contributed by atoms with van der Waals surface area (Å²) in [5.74, 6) is 1.19. The maximum atomic E-state index is 3.51. The monoisotopic (exact) mass is 193 g/mol. The summed E-state index contributed by atoms with van der Waals surface area (Å²) in [5, 5.41) is 3.51. The van der Waals surface area contributed by atoms with Gasteiger partial charge in [0.05, 0.1) is 0 Å². The molecule has 1 atom stereocenters. The number of rotatable bonds is 2. The van der Waals surface area contributed by atoms with Crippen LogP contribution in [0.3, 0.4) is 0 Å². The number of nitrogens with one attached hydrogen (secondary N) is 1. The molecule has 70 valence electrons. The summed E-state index contributed by atoms with van der Waals surface area (Å²) in [7, 11) is 0. The molecular formula is C11H15NS. The van der Waals surface area contributed by atoms with Gasteiger partial charge < -0.3 is 5.32 Å². The molecule has 2 heteroatoms. The van der Waals surface area contributed by atoms with E-state index >= 15 is 0 Å². The van der Waals surface area contributed by atoms with E-state index in [1.807, 2.05) is 11.8 Å². The number of hydrogen-bond acceptors (Lipinski definition) is 2. The van der Waals surface area contributed by atoms with Crippen molar-refractivity contribution in [3.63, 3.8) is 0 Å². The predicted octanol–water partition coefficient (Wildman–Crippen LogP) is 2.75. The SMILES string of the molecule is CCNC1CSc2ccc(C)cc21. The molecule has 1 aliphatic rings. The lowest BCUT2D eigenvalue weighted by atomic mass is 10.1. The lowest BCUT2D eigenvalue weighted by molar-refractivity contribution is 0.607. The van der Waals surface area contributed by atoms with Crippen molar-refractivity contribution in [2.75, 3.05) is 12.3 Å². The van der Waals surface area contributed by atoms with E-state index in [1.165, 1.54) is 21.8 Å². The van der Waals surface area contributed by atoms with Crippen molar-refractivity contribution in [3.8, 4) is 0 Å². The molecule has 1 unspecified atom stereocenters. The summed E-state index contributed by atoms with van der Waals surface area (Å²) < 4.78 is 0. The van der Waals surface area contributed by atoms with Gasteiger partial charge in [0.15, 0.2) is 0 Å². The van der Waals surface area contributed by atoms with Crippen LogP contribution in [-0.4, -0.2) is 12.3 Å². The molecule has 1 N–H and O–H groups in total. The van der Waals surface area contributed by atoms with Crippen LogP contribution in [-0.2, 0) is 0 Å². The van der Waals surface area contributed by atoms with E-state index in [0.29, 0.717) is 6.04 Å². The van der Waals surface area contributed by atoms with Crippen molar-refractivity contribution < 1.29 is 0 Å². The van der Waals surface area contributed by atoms with Gasteiger partial charge in [0.25, 0.3) is 0 Å². The van der Waals surface area contributed by atoms with Crippen molar-refractivity contribution in [1.82, 2.24) is 5.32 Å². The maximum absolute atomic E-state index is 3.51. The van der Waals surface area contributed by atoms with Crippen LogP contribution < -0.4 is 5.32 Å². The second-order valence-corrected chi connectivity index (χ2v) is 4.52. The van der Waals surface area contributed by atoms with Crippen molar-refractivity contribution in [3.05, 3.63) is 29.3 Å². The molecule has 0 saturated carbocycles. The van der Waals surface area contributed by atoms with E-state index in [4.69, 9.17) is 0 Å². The van der Waals surface area contributed by atoms with Gasteiger partial charge in [-0.15, -0.1) is 11.8 Å². The molecule has 13 heavy (non-hydrogen) atoms. The van der Waals surface area contributed by atoms with Crippen LogP contribution in [0, 0.1) is 6.92 Å². The highest BCUT2D eigenvalue weighted by atomic mass is 32.2. The van der Waals surface area contributed by atoms with Crippen LogP contribution in [0.1, 0.15) is 24.1 Å². The zero-order valence-electron chi connectivity index (χ0n) is 8.13.